The van der Waals surface area contributed by atoms with Gasteiger partial charge in [0.15, 0.2) is 11.5 Å². The van der Waals surface area contributed by atoms with Crippen molar-refractivity contribution in [2.45, 2.75) is 13.2 Å². The maximum Gasteiger partial charge on any atom is 0.329 e. The fraction of sp³-hybridized carbons (Fsp3) is 0.120. The highest BCUT2D eigenvalue weighted by Gasteiger charge is 2.34. The molecule has 1 aliphatic rings. The van der Waals surface area contributed by atoms with Gasteiger partial charge in [0.25, 0.3) is 5.91 Å². The molecule has 1 fully saturated rings. The van der Waals surface area contributed by atoms with E-state index in [9.17, 15) is 14.0 Å². The molecule has 0 aliphatic carbocycles. The van der Waals surface area contributed by atoms with E-state index in [-0.39, 0.29) is 17.8 Å². The first-order valence-corrected chi connectivity index (χ1v) is 11.8. The van der Waals surface area contributed by atoms with Crippen LogP contribution in [-0.4, -0.2) is 23.9 Å². The maximum absolute atomic E-state index is 14.0. The first-order chi connectivity index (χ1) is 16.4. The predicted molar refractivity (Wildman–Crippen MR) is 133 cm³/mol. The lowest BCUT2D eigenvalue weighted by atomic mass is 10.1. The largest absolute Gasteiger partial charge is 0.493 e. The van der Waals surface area contributed by atoms with Gasteiger partial charge in [-0.05, 0) is 47.5 Å². The van der Waals surface area contributed by atoms with Gasteiger partial charge in [0.05, 0.1) is 13.7 Å². The summed E-state index contributed by atoms with van der Waals surface area (Å²) in [5.41, 5.74) is 1.92. The molecule has 0 atom stereocenters. The standard InChI is InChI=1S/C25H19Br2FN2O4/c1-33-22-11-17(19(27)12-23(22)34-14-15-6-8-18(26)9-7-15)10-21-24(31)30(25(32)29-21)13-16-4-2-3-5-20(16)28/h2-12H,13-14H2,1H3,(H,29,32)/b21-10+. The Labute approximate surface area is 212 Å². The SMILES string of the molecule is COc1cc(/C=C2/NC(=O)N(Cc3ccccc3F)C2=O)c(Br)cc1OCc1ccc(Br)cc1. The molecule has 0 radical (unpaired) electrons. The Morgan fingerprint density at radius 3 is 2.47 bits per heavy atom. The van der Waals surface area contributed by atoms with E-state index >= 15 is 0 Å². The minimum atomic E-state index is -0.614. The third-order valence-electron chi connectivity index (χ3n) is 5.14. The highest BCUT2D eigenvalue weighted by Crippen LogP contribution is 2.35. The summed E-state index contributed by atoms with van der Waals surface area (Å²) in [5, 5.41) is 2.55. The van der Waals surface area contributed by atoms with E-state index in [1.54, 1.807) is 24.3 Å². The monoisotopic (exact) mass is 588 g/mol. The Kier molecular flexibility index (Phi) is 7.33. The number of ether oxygens (including phenoxy) is 2. The maximum atomic E-state index is 14.0. The number of amides is 3. The van der Waals surface area contributed by atoms with Crippen molar-refractivity contribution in [3.8, 4) is 11.5 Å². The third kappa shape index (κ3) is 5.31. The van der Waals surface area contributed by atoms with Gasteiger partial charge in [-0.25, -0.2) is 9.18 Å². The molecule has 1 saturated heterocycles. The molecule has 174 valence electrons. The average molecular weight is 590 g/mol. The van der Waals surface area contributed by atoms with E-state index in [4.69, 9.17) is 9.47 Å². The van der Waals surface area contributed by atoms with E-state index in [1.165, 1.54) is 25.3 Å². The Hall–Kier alpha value is -3.17. The highest BCUT2D eigenvalue weighted by molar-refractivity contribution is 9.10. The smallest absolute Gasteiger partial charge is 0.329 e. The molecule has 6 nitrogen and oxygen atoms in total. The van der Waals surface area contributed by atoms with Crippen molar-refractivity contribution in [1.82, 2.24) is 10.2 Å². The zero-order valence-corrected chi connectivity index (χ0v) is 21.2. The predicted octanol–water partition coefficient (Wildman–Crippen LogP) is 6.03. The number of urea groups is 1. The van der Waals surface area contributed by atoms with Crippen LogP contribution in [0, 0.1) is 5.82 Å². The molecule has 3 aromatic rings. The van der Waals surface area contributed by atoms with Gasteiger partial charge in [-0.1, -0.05) is 62.2 Å². The van der Waals surface area contributed by atoms with Gasteiger partial charge in [-0.15, -0.1) is 0 Å². The molecule has 1 aliphatic heterocycles. The van der Waals surface area contributed by atoms with Gasteiger partial charge < -0.3 is 14.8 Å². The van der Waals surface area contributed by atoms with Crippen LogP contribution < -0.4 is 14.8 Å². The molecule has 4 rings (SSSR count). The van der Waals surface area contributed by atoms with Crippen molar-refractivity contribution in [2.24, 2.45) is 0 Å². The van der Waals surface area contributed by atoms with Crippen molar-refractivity contribution in [2.75, 3.05) is 7.11 Å². The zero-order chi connectivity index (χ0) is 24.2. The average Bonchev–Trinajstić information content (AvgIpc) is 3.08. The van der Waals surface area contributed by atoms with Crippen LogP contribution in [0.1, 0.15) is 16.7 Å². The molecule has 0 saturated carbocycles. The number of hydrogen-bond acceptors (Lipinski definition) is 4. The van der Waals surface area contributed by atoms with Crippen molar-refractivity contribution < 1.29 is 23.5 Å². The summed E-state index contributed by atoms with van der Waals surface area (Å²) in [6.45, 7) is 0.179. The quantitative estimate of drug-likeness (QED) is 0.270. The van der Waals surface area contributed by atoms with Gasteiger partial charge in [-0.3, -0.25) is 9.69 Å². The summed E-state index contributed by atoms with van der Waals surface area (Å²) in [7, 11) is 1.52. The summed E-state index contributed by atoms with van der Waals surface area (Å²) < 4.78 is 27.0. The molecule has 0 spiro atoms. The molecule has 1 heterocycles. The van der Waals surface area contributed by atoms with Crippen molar-refractivity contribution >= 4 is 49.9 Å². The van der Waals surface area contributed by atoms with Crippen LogP contribution in [0.5, 0.6) is 11.5 Å². The van der Waals surface area contributed by atoms with Crippen molar-refractivity contribution in [3.05, 3.63) is 97.8 Å². The van der Waals surface area contributed by atoms with Crippen LogP contribution in [0.25, 0.3) is 6.08 Å². The van der Waals surface area contributed by atoms with Crippen LogP contribution in [-0.2, 0) is 17.9 Å². The second-order valence-electron chi connectivity index (χ2n) is 7.41. The van der Waals surface area contributed by atoms with Gasteiger partial charge in [-0.2, -0.15) is 0 Å². The summed E-state index contributed by atoms with van der Waals surface area (Å²) in [6, 6.07) is 16.6. The lowest BCUT2D eigenvalue weighted by molar-refractivity contribution is -0.123. The van der Waals surface area contributed by atoms with Crippen LogP contribution in [0.4, 0.5) is 9.18 Å². The summed E-state index contributed by atoms with van der Waals surface area (Å²) in [6.07, 6.45) is 1.53. The molecule has 3 amide bonds. The molecule has 34 heavy (non-hydrogen) atoms. The fourth-order valence-electron chi connectivity index (χ4n) is 3.34. The first kappa shape index (κ1) is 24.0. The molecule has 0 aromatic heterocycles. The van der Waals surface area contributed by atoms with Gasteiger partial charge in [0.1, 0.15) is 18.1 Å². The lowest BCUT2D eigenvalue weighted by Gasteiger charge is -2.13. The molecular weight excluding hydrogens is 571 g/mol. The van der Waals surface area contributed by atoms with Crippen LogP contribution in [0.15, 0.2) is 75.3 Å². The summed E-state index contributed by atoms with van der Waals surface area (Å²) >= 11 is 6.90. The van der Waals surface area contributed by atoms with E-state index in [1.807, 2.05) is 24.3 Å². The van der Waals surface area contributed by atoms with Gasteiger partial charge >= 0.3 is 6.03 Å². The normalized spacial score (nSPS) is 14.5. The second-order valence-corrected chi connectivity index (χ2v) is 9.18. The highest BCUT2D eigenvalue weighted by atomic mass is 79.9. The molecule has 1 N–H and O–H groups in total. The Morgan fingerprint density at radius 1 is 1.03 bits per heavy atom. The number of hydrogen-bond donors (Lipinski definition) is 1. The van der Waals surface area contributed by atoms with E-state index in [0.29, 0.717) is 28.1 Å². The number of rotatable bonds is 7. The van der Waals surface area contributed by atoms with Crippen molar-refractivity contribution in [3.63, 3.8) is 0 Å². The minimum Gasteiger partial charge on any atom is -0.493 e. The number of nitrogens with zero attached hydrogens (tertiary/aromatic N) is 1. The van der Waals surface area contributed by atoms with Gasteiger partial charge in [0, 0.05) is 14.5 Å². The van der Waals surface area contributed by atoms with Crippen LogP contribution in [0.3, 0.4) is 0 Å². The topological polar surface area (TPSA) is 67.9 Å². The number of benzene rings is 3. The number of carbonyl (C=O) groups is 2. The van der Waals surface area contributed by atoms with Crippen LogP contribution >= 0.6 is 31.9 Å². The number of nitrogens with one attached hydrogen (secondary N) is 1. The number of carbonyl (C=O) groups excluding carboxylic acids is 2. The first-order valence-electron chi connectivity index (χ1n) is 10.2. The molecule has 3 aromatic carbocycles. The number of imide groups is 1. The molecule has 9 heteroatoms. The minimum absolute atomic E-state index is 0.0765. The fourth-order valence-corrected chi connectivity index (χ4v) is 4.04. The van der Waals surface area contributed by atoms with Gasteiger partial charge in [0.2, 0.25) is 0 Å². The molecular formula is C25H19Br2FN2O4. The number of halogens is 3. The lowest BCUT2D eigenvalue weighted by Crippen LogP contribution is -2.30. The molecule has 0 bridgehead atoms. The zero-order valence-electron chi connectivity index (χ0n) is 18.0. The second kappa shape index (κ2) is 10.4. The van der Waals surface area contributed by atoms with E-state index < -0.39 is 17.8 Å². The Balaban J connectivity index is 1.54. The third-order valence-corrected chi connectivity index (χ3v) is 6.35. The van der Waals surface area contributed by atoms with E-state index in [0.717, 1.165) is 14.9 Å². The Bertz CT molecular complexity index is 1280. The van der Waals surface area contributed by atoms with E-state index in [2.05, 4.69) is 37.2 Å². The van der Waals surface area contributed by atoms with Crippen molar-refractivity contribution in [1.29, 1.82) is 0 Å². The molecule has 0 unspecified atom stereocenters. The number of methoxy groups -OCH3 is 1. The summed E-state index contributed by atoms with van der Waals surface area (Å²) in [4.78, 5) is 26.2. The Morgan fingerprint density at radius 2 is 1.76 bits per heavy atom. The summed E-state index contributed by atoms with van der Waals surface area (Å²) in [5.74, 6) is -0.0454. The van der Waals surface area contributed by atoms with Crippen LogP contribution in [0.2, 0.25) is 0 Å².